The monoisotopic (exact) mass is 518 g/mol. The van der Waals surface area contributed by atoms with Crippen molar-refractivity contribution in [2.24, 2.45) is 5.41 Å². The molecule has 1 N–H and O–H groups in total. The van der Waals surface area contributed by atoms with Gasteiger partial charge >= 0.3 is 6.09 Å². The van der Waals surface area contributed by atoms with Crippen LogP contribution in [-0.4, -0.2) is 49.2 Å². The molecule has 6 nitrogen and oxygen atoms in total. The van der Waals surface area contributed by atoms with Gasteiger partial charge in [-0.15, -0.1) is 6.58 Å². The van der Waals surface area contributed by atoms with E-state index >= 15 is 0 Å². The summed E-state index contributed by atoms with van der Waals surface area (Å²) in [5, 5.41) is 2.83. The van der Waals surface area contributed by atoms with Crippen molar-refractivity contribution in [2.45, 2.75) is 64.6 Å². The standard InChI is InChI=1S/C32H42N2O4/c1-8-10-13-20-38-30(36)33-28(31(4,5)6)29(35)34-22-32(37-7,21-23(34)3)26-18-16-25(17-19-26)27-15-12-11-14-24(27)9-2/h8-9,11-12,14-19,23,28H,1-2,10,13,20-22H2,3-7H3,(H,33,36)/t23-,28-,32+/m1/s1. The number of hydrogen-bond donors (Lipinski definition) is 1. The normalized spacial score (nSPS) is 20.0. The zero-order valence-corrected chi connectivity index (χ0v) is 23.5. The van der Waals surface area contributed by atoms with E-state index in [1.54, 1.807) is 13.2 Å². The van der Waals surface area contributed by atoms with Crippen LogP contribution in [0.25, 0.3) is 17.2 Å². The van der Waals surface area contributed by atoms with Gasteiger partial charge in [-0.05, 0) is 47.4 Å². The van der Waals surface area contributed by atoms with Crippen molar-refractivity contribution in [1.82, 2.24) is 10.2 Å². The summed E-state index contributed by atoms with van der Waals surface area (Å²) in [4.78, 5) is 28.2. The van der Waals surface area contributed by atoms with Crippen LogP contribution < -0.4 is 5.32 Å². The van der Waals surface area contributed by atoms with Gasteiger partial charge in [-0.1, -0.05) is 88.0 Å². The summed E-state index contributed by atoms with van der Waals surface area (Å²) in [5.74, 6) is -0.136. The molecular weight excluding hydrogens is 476 g/mol. The van der Waals surface area contributed by atoms with E-state index in [1.165, 1.54) is 0 Å². The van der Waals surface area contributed by atoms with Crippen LogP contribution in [0, 0.1) is 5.41 Å². The highest BCUT2D eigenvalue weighted by molar-refractivity contribution is 5.87. The average molecular weight is 519 g/mol. The smallest absolute Gasteiger partial charge is 0.407 e. The van der Waals surface area contributed by atoms with Crippen molar-refractivity contribution >= 4 is 18.1 Å². The van der Waals surface area contributed by atoms with Crippen LogP contribution in [0.2, 0.25) is 0 Å². The van der Waals surface area contributed by atoms with E-state index in [9.17, 15) is 9.59 Å². The maximum absolute atomic E-state index is 13.8. The Bertz CT molecular complexity index is 1130. The van der Waals surface area contributed by atoms with Gasteiger partial charge in [-0.2, -0.15) is 0 Å². The molecule has 2 amide bonds. The number of carbonyl (C=O) groups is 2. The topological polar surface area (TPSA) is 67.9 Å². The molecule has 6 heteroatoms. The highest BCUT2D eigenvalue weighted by Gasteiger charge is 2.48. The number of benzene rings is 2. The molecule has 0 spiro atoms. The second-order valence-corrected chi connectivity index (χ2v) is 11.1. The molecule has 1 saturated heterocycles. The van der Waals surface area contributed by atoms with Crippen molar-refractivity contribution in [3.8, 4) is 11.1 Å². The van der Waals surface area contributed by atoms with Gasteiger partial charge in [-0.25, -0.2) is 4.79 Å². The van der Waals surface area contributed by atoms with E-state index in [4.69, 9.17) is 9.47 Å². The first kappa shape index (κ1) is 29.2. The Morgan fingerprint density at radius 2 is 1.84 bits per heavy atom. The molecule has 204 valence electrons. The number of carbonyl (C=O) groups excluding carboxylic acids is 2. The summed E-state index contributed by atoms with van der Waals surface area (Å²) in [5.41, 5.74) is 3.16. The fourth-order valence-corrected chi connectivity index (χ4v) is 5.11. The van der Waals surface area contributed by atoms with Crippen molar-refractivity contribution in [3.05, 3.63) is 78.9 Å². The van der Waals surface area contributed by atoms with E-state index in [1.807, 2.05) is 56.9 Å². The Morgan fingerprint density at radius 1 is 1.16 bits per heavy atom. The summed E-state index contributed by atoms with van der Waals surface area (Å²) in [7, 11) is 1.70. The highest BCUT2D eigenvalue weighted by Crippen LogP contribution is 2.40. The quantitative estimate of drug-likeness (QED) is 0.285. The number of methoxy groups -OCH3 is 1. The van der Waals surface area contributed by atoms with Gasteiger partial charge in [0.25, 0.3) is 0 Å². The maximum Gasteiger partial charge on any atom is 0.407 e. The maximum atomic E-state index is 13.8. The van der Waals surface area contributed by atoms with Crippen LogP contribution in [0.3, 0.4) is 0 Å². The molecule has 1 fully saturated rings. The Hall–Kier alpha value is -3.38. The van der Waals surface area contributed by atoms with Crippen molar-refractivity contribution in [2.75, 3.05) is 20.3 Å². The molecule has 0 unspecified atom stereocenters. The molecule has 0 bridgehead atoms. The second-order valence-electron chi connectivity index (χ2n) is 11.1. The van der Waals surface area contributed by atoms with Crippen molar-refractivity contribution in [1.29, 1.82) is 0 Å². The molecule has 1 aliphatic heterocycles. The minimum Gasteiger partial charge on any atom is -0.450 e. The number of unbranched alkanes of at least 4 members (excludes halogenated alkanes) is 1. The molecule has 2 aromatic rings. The number of allylic oxidation sites excluding steroid dienone is 1. The van der Waals surface area contributed by atoms with Crippen LogP contribution in [0.4, 0.5) is 4.79 Å². The van der Waals surface area contributed by atoms with Gasteiger partial charge < -0.3 is 19.7 Å². The number of nitrogens with one attached hydrogen (secondary N) is 1. The lowest BCUT2D eigenvalue weighted by atomic mass is 9.85. The Labute approximate surface area is 227 Å². The fourth-order valence-electron chi connectivity index (χ4n) is 5.11. The predicted molar refractivity (Wildman–Crippen MR) is 154 cm³/mol. The fraction of sp³-hybridized carbons (Fsp3) is 0.438. The molecule has 2 aromatic carbocycles. The van der Waals surface area contributed by atoms with Gasteiger partial charge in [0.1, 0.15) is 11.6 Å². The molecule has 1 aliphatic rings. The third-order valence-corrected chi connectivity index (χ3v) is 7.32. The van der Waals surface area contributed by atoms with Crippen LogP contribution in [0.1, 0.15) is 58.1 Å². The minimum absolute atomic E-state index is 0.0705. The highest BCUT2D eigenvalue weighted by atomic mass is 16.5. The Balaban J connectivity index is 1.80. The summed E-state index contributed by atoms with van der Waals surface area (Å²) < 4.78 is 11.4. The summed E-state index contributed by atoms with van der Waals surface area (Å²) in [6.45, 7) is 16.1. The van der Waals surface area contributed by atoms with Gasteiger partial charge in [-0.3, -0.25) is 4.79 Å². The molecule has 0 saturated carbocycles. The van der Waals surface area contributed by atoms with Crippen LogP contribution in [0.15, 0.2) is 67.8 Å². The Kier molecular flexibility index (Phi) is 9.55. The van der Waals surface area contributed by atoms with Crippen molar-refractivity contribution < 1.29 is 19.1 Å². The van der Waals surface area contributed by atoms with Crippen molar-refractivity contribution in [3.63, 3.8) is 0 Å². The van der Waals surface area contributed by atoms with E-state index in [0.717, 1.165) is 28.7 Å². The molecule has 0 radical (unpaired) electrons. The number of ether oxygens (including phenoxy) is 2. The first-order valence-electron chi connectivity index (χ1n) is 13.3. The molecule has 0 aliphatic carbocycles. The minimum atomic E-state index is -0.734. The molecule has 3 rings (SSSR count). The third kappa shape index (κ3) is 6.54. The lowest BCUT2D eigenvalue weighted by Gasteiger charge is -2.35. The molecule has 0 aromatic heterocycles. The van der Waals surface area contributed by atoms with E-state index in [-0.39, 0.29) is 18.6 Å². The largest absolute Gasteiger partial charge is 0.450 e. The number of alkyl carbamates (subject to hydrolysis) is 1. The first-order valence-corrected chi connectivity index (χ1v) is 13.3. The van der Waals surface area contributed by atoms with E-state index in [0.29, 0.717) is 19.4 Å². The number of likely N-dealkylation sites (tertiary alicyclic amines) is 1. The molecule has 1 heterocycles. The summed E-state index contributed by atoms with van der Waals surface area (Å²) >= 11 is 0. The number of rotatable bonds is 10. The summed E-state index contributed by atoms with van der Waals surface area (Å²) in [6.07, 6.45) is 5.18. The van der Waals surface area contributed by atoms with Gasteiger partial charge in [0.05, 0.1) is 13.2 Å². The van der Waals surface area contributed by atoms with E-state index in [2.05, 4.69) is 48.8 Å². The zero-order chi connectivity index (χ0) is 27.9. The van der Waals surface area contributed by atoms with E-state index < -0.39 is 23.2 Å². The summed E-state index contributed by atoms with van der Waals surface area (Å²) in [6, 6.07) is 15.7. The molecular formula is C32H42N2O4. The third-order valence-electron chi connectivity index (χ3n) is 7.32. The molecule has 3 atom stereocenters. The van der Waals surface area contributed by atoms with Gasteiger partial charge in [0, 0.05) is 19.6 Å². The molecule has 38 heavy (non-hydrogen) atoms. The number of nitrogens with zero attached hydrogens (tertiary/aromatic N) is 1. The van der Waals surface area contributed by atoms with Crippen LogP contribution in [-0.2, 0) is 19.9 Å². The lowest BCUT2D eigenvalue weighted by Crippen LogP contribution is -2.56. The average Bonchev–Trinajstić information content (AvgIpc) is 3.26. The Morgan fingerprint density at radius 3 is 2.45 bits per heavy atom. The van der Waals surface area contributed by atoms with Gasteiger partial charge in [0.2, 0.25) is 5.91 Å². The first-order chi connectivity index (χ1) is 18.1. The number of amides is 2. The van der Waals surface area contributed by atoms with Crippen LogP contribution in [0.5, 0.6) is 0 Å². The zero-order valence-electron chi connectivity index (χ0n) is 23.5. The van der Waals surface area contributed by atoms with Crippen LogP contribution >= 0.6 is 0 Å². The SMILES string of the molecule is C=CCCCOC(=O)N[C@H](C(=O)N1C[C@](OC)(c2ccc(-c3ccccc3C=C)cc2)C[C@H]1C)C(C)(C)C. The lowest BCUT2D eigenvalue weighted by molar-refractivity contribution is -0.137. The predicted octanol–water partition coefficient (Wildman–Crippen LogP) is 6.57. The second kappa shape index (κ2) is 12.4. The number of hydrogen-bond acceptors (Lipinski definition) is 4. The van der Waals surface area contributed by atoms with Gasteiger partial charge in [0.15, 0.2) is 0 Å².